The molecule has 5 nitrogen and oxygen atoms in total. The van der Waals surface area contributed by atoms with Gasteiger partial charge < -0.3 is 9.73 Å². The van der Waals surface area contributed by atoms with Gasteiger partial charge in [0.2, 0.25) is 5.91 Å². The van der Waals surface area contributed by atoms with E-state index in [-0.39, 0.29) is 17.5 Å². The number of aromatic nitrogens is 1. The molecule has 1 amide bonds. The Hall–Kier alpha value is -1.36. The van der Waals surface area contributed by atoms with Crippen LogP contribution in [0.15, 0.2) is 10.7 Å². The lowest BCUT2D eigenvalue weighted by Gasteiger charge is -2.19. The lowest BCUT2D eigenvalue weighted by molar-refractivity contribution is -0.116. The molecule has 0 atom stereocenters. The van der Waals surface area contributed by atoms with Gasteiger partial charge in [-0.3, -0.25) is 10.1 Å². The van der Waals surface area contributed by atoms with Crippen molar-refractivity contribution in [3.8, 4) is 0 Å². The highest BCUT2D eigenvalue weighted by Crippen LogP contribution is 2.06. The maximum atomic E-state index is 11.5. The average Bonchev–Trinajstić information content (AvgIpc) is 2.48. The summed E-state index contributed by atoms with van der Waals surface area (Å²) in [6, 6.07) is 0.262. The van der Waals surface area contributed by atoms with Gasteiger partial charge in [-0.05, 0) is 27.7 Å². The summed E-state index contributed by atoms with van der Waals surface area (Å²) in [5, 5.41) is 5.82. The SMILES string of the molecule is Cc1coc(NC(=O)CCNC(C)(C)C)n1. The summed E-state index contributed by atoms with van der Waals surface area (Å²) in [6.45, 7) is 8.61. The topological polar surface area (TPSA) is 67.2 Å². The van der Waals surface area contributed by atoms with Gasteiger partial charge >= 0.3 is 6.01 Å². The van der Waals surface area contributed by atoms with Gasteiger partial charge in [-0.15, -0.1) is 0 Å². The molecule has 1 aromatic rings. The first-order valence-electron chi connectivity index (χ1n) is 5.34. The van der Waals surface area contributed by atoms with Gasteiger partial charge in [0.1, 0.15) is 6.26 Å². The van der Waals surface area contributed by atoms with E-state index in [9.17, 15) is 4.79 Å². The molecule has 0 aliphatic rings. The Morgan fingerprint density at radius 1 is 1.50 bits per heavy atom. The Morgan fingerprint density at radius 3 is 2.69 bits per heavy atom. The van der Waals surface area contributed by atoms with Crippen LogP contribution in [-0.2, 0) is 4.79 Å². The molecule has 2 N–H and O–H groups in total. The van der Waals surface area contributed by atoms with Crippen LogP contribution in [0.3, 0.4) is 0 Å². The molecule has 1 aromatic heterocycles. The van der Waals surface area contributed by atoms with Crippen molar-refractivity contribution in [3.05, 3.63) is 12.0 Å². The average molecular weight is 225 g/mol. The fourth-order valence-electron chi connectivity index (χ4n) is 1.14. The number of aryl methyl sites for hydroxylation is 1. The first kappa shape index (κ1) is 12.7. The number of anilines is 1. The number of carbonyl (C=O) groups excluding carboxylic acids is 1. The Morgan fingerprint density at radius 2 is 2.19 bits per heavy atom. The third kappa shape index (κ3) is 4.93. The Kier molecular flexibility index (Phi) is 4.06. The minimum atomic E-state index is -0.0985. The van der Waals surface area contributed by atoms with Gasteiger partial charge in [0.05, 0.1) is 5.69 Å². The lowest BCUT2D eigenvalue weighted by atomic mass is 10.1. The van der Waals surface area contributed by atoms with Gasteiger partial charge in [-0.2, -0.15) is 4.98 Å². The summed E-state index contributed by atoms with van der Waals surface area (Å²) in [4.78, 5) is 15.4. The largest absolute Gasteiger partial charge is 0.432 e. The van der Waals surface area contributed by atoms with Crippen LogP contribution in [0.1, 0.15) is 32.9 Å². The Balaban J connectivity index is 2.26. The number of amides is 1. The third-order valence-electron chi connectivity index (χ3n) is 1.87. The third-order valence-corrected chi connectivity index (χ3v) is 1.87. The molecule has 0 saturated heterocycles. The zero-order chi connectivity index (χ0) is 12.2. The Labute approximate surface area is 95.6 Å². The van der Waals surface area contributed by atoms with Crippen molar-refractivity contribution < 1.29 is 9.21 Å². The molecule has 0 spiro atoms. The van der Waals surface area contributed by atoms with Crippen molar-refractivity contribution in [3.63, 3.8) is 0 Å². The van der Waals surface area contributed by atoms with Crippen LogP contribution >= 0.6 is 0 Å². The number of carbonyl (C=O) groups is 1. The van der Waals surface area contributed by atoms with E-state index in [1.54, 1.807) is 6.92 Å². The Bertz CT molecular complexity index is 352. The van der Waals surface area contributed by atoms with E-state index in [1.165, 1.54) is 6.26 Å². The second-order valence-corrected chi connectivity index (χ2v) is 4.77. The molecule has 0 aliphatic heterocycles. The quantitative estimate of drug-likeness (QED) is 0.818. The van der Waals surface area contributed by atoms with Crippen molar-refractivity contribution >= 4 is 11.9 Å². The monoisotopic (exact) mass is 225 g/mol. The predicted octanol–water partition coefficient (Wildman–Crippen LogP) is 1.70. The molecule has 1 heterocycles. The zero-order valence-corrected chi connectivity index (χ0v) is 10.3. The molecule has 1 rings (SSSR count). The minimum Gasteiger partial charge on any atom is -0.432 e. The fraction of sp³-hybridized carbons (Fsp3) is 0.636. The highest BCUT2D eigenvalue weighted by Gasteiger charge is 2.10. The highest BCUT2D eigenvalue weighted by molar-refractivity contribution is 5.88. The van der Waals surface area contributed by atoms with E-state index in [0.717, 1.165) is 5.69 Å². The number of nitrogens with zero attached hydrogens (tertiary/aromatic N) is 1. The van der Waals surface area contributed by atoms with Crippen molar-refractivity contribution in [1.82, 2.24) is 10.3 Å². The molecule has 5 heteroatoms. The predicted molar refractivity (Wildman–Crippen MR) is 62.2 cm³/mol. The van der Waals surface area contributed by atoms with Crippen LogP contribution in [0.2, 0.25) is 0 Å². The molecule has 0 fully saturated rings. The van der Waals surface area contributed by atoms with Crippen LogP contribution in [0.4, 0.5) is 6.01 Å². The molecule has 90 valence electrons. The van der Waals surface area contributed by atoms with E-state index in [4.69, 9.17) is 4.42 Å². The zero-order valence-electron chi connectivity index (χ0n) is 10.3. The summed E-state index contributed by atoms with van der Waals surface area (Å²) in [5.74, 6) is -0.0985. The molecule has 0 radical (unpaired) electrons. The van der Waals surface area contributed by atoms with Gasteiger partial charge in [-0.25, -0.2) is 0 Å². The maximum Gasteiger partial charge on any atom is 0.301 e. The second kappa shape index (κ2) is 5.12. The normalized spacial score (nSPS) is 11.5. The van der Waals surface area contributed by atoms with E-state index in [0.29, 0.717) is 13.0 Å². The van der Waals surface area contributed by atoms with Crippen LogP contribution in [0.5, 0.6) is 0 Å². The first-order valence-corrected chi connectivity index (χ1v) is 5.34. The highest BCUT2D eigenvalue weighted by atomic mass is 16.4. The number of oxazole rings is 1. The van der Waals surface area contributed by atoms with Gasteiger partial charge in [0.15, 0.2) is 0 Å². The second-order valence-electron chi connectivity index (χ2n) is 4.77. The number of hydrogen-bond acceptors (Lipinski definition) is 4. The first-order chi connectivity index (χ1) is 7.37. The molecule has 0 bridgehead atoms. The molecule has 0 aliphatic carbocycles. The minimum absolute atomic E-state index is 0.0276. The van der Waals surface area contributed by atoms with E-state index >= 15 is 0 Å². The van der Waals surface area contributed by atoms with E-state index in [1.807, 2.05) is 0 Å². The molecule has 16 heavy (non-hydrogen) atoms. The van der Waals surface area contributed by atoms with E-state index in [2.05, 4.69) is 36.4 Å². The summed E-state index contributed by atoms with van der Waals surface area (Å²) in [5.41, 5.74) is 0.780. The van der Waals surface area contributed by atoms with Crippen LogP contribution in [0, 0.1) is 6.92 Å². The van der Waals surface area contributed by atoms with Crippen molar-refractivity contribution in [2.45, 2.75) is 39.7 Å². The van der Waals surface area contributed by atoms with Gasteiger partial charge in [0.25, 0.3) is 0 Å². The van der Waals surface area contributed by atoms with Gasteiger partial charge in [-0.1, -0.05) is 0 Å². The summed E-state index contributed by atoms with van der Waals surface area (Å²) >= 11 is 0. The molecule has 0 aromatic carbocycles. The maximum absolute atomic E-state index is 11.5. The van der Waals surface area contributed by atoms with Crippen LogP contribution < -0.4 is 10.6 Å². The molecular weight excluding hydrogens is 206 g/mol. The molecular formula is C11H19N3O2. The number of rotatable bonds is 4. The standard InChI is InChI=1S/C11H19N3O2/c1-8-7-16-10(13-8)14-9(15)5-6-12-11(2,3)4/h7,12H,5-6H2,1-4H3,(H,13,14,15). The summed E-state index contributed by atoms with van der Waals surface area (Å²) in [7, 11) is 0. The van der Waals surface area contributed by atoms with Crippen molar-refractivity contribution in [2.75, 3.05) is 11.9 Å². The summed E-state index contributed by atoms with van der Waals surface area (Å²) in [6.07, 6.45) is 1.90. The fourth-order valence-corrected chi connectivity index (χ4v) is 1.14. The van der Waals surface area contributed by atoms with Crippen molar-refractivity contribution in [2.24, 2.45) is 0 Å². The summed E-state index contributed by atoms with van der Waals surface area (Å²) < 4.78 is 5.02. The van der Waals surface area contributed by atoms with E-state index < -0.39 is 0 Å². The number of hydrogen-bond donors (Lipinski definition) is 2. The van der Waals surface area contributed by atoms with Crippen molar-refractivity contribution in [1.29, 1.82) is 0 Å². The molecule has 0 saturated carbocycles. The smallest absolute Gasteiger partial charge is 0.301 e. The lowest BCUT2D eigenvalue weighted by Crippen LogP contribution is -2.37. The number of nitrogens with one attached hydrogen (secondary N) is 2. The van der Waals surface area contributed by atoms with Crippen LogP contribution in [-0.4, -0.2) is 23.0 Å². The van der Waals surface area contributed by atoms with Gasteiger partial charge in [0, 0.05) is 18.5 Å². The van der Waals surface area contributed by atoms with Crippen LogP contribution in [0.25, 0.3) is 0 Å². The molecule has 0 unspecified atom stereocenters.